The SMILES string of the molecule is Cc1ccc(C(O)CNC(=O)OC(C)(C)C)cc1C. The molecule has 0 aromatic heterocycles. The highest BCUT2D eigenvalue weighted by atomic mass is 16.6. The Morgan fingerprint density at radius 3 is 2.47 bits per heavy atom. The number of hydrogen-bond acceptors (Lipinski definition) is 3. The summed E-state index contributed by atoms with van der Waals surface area (Å²) in [4.78, 5) is 11.5. The van der Waals surface area contributed by atoms with Gasteiger partial charge in [0.25, 0.3) is 0 Å². The number of nitrogens with one attached hydrogen (secondary N) is 1. The Hall–Kier alpha value is -1.55. The van der Waals surface area contributed by atoms with Crippen LogP contribution in [0, 0.1) is 13.8 Å². The van der Waals surface area contributed by atoms with E-state index in [1.165, 1.54) is 5.56 Å². The van der Waals surface area contributed by atoms with E-state index in [1.54, 1.807) is 20.8 Å². The third-order valence-corrected chi connectivity index (χ3v) is 2.75. The van der Waals surface area contributed by atoms with Gasteiger partial charge in [0.2, 0.25) is 0 Å². The van der Waals surface area contributed by atoms with Crippen molar-refractivity contribution >= 4 is 6.09 Å². The van der Waals surface area contributed by atoms with Gasteiger partial charge in [0.1, 0.15) is 5.60 Å². The number of aliphatic hydroxyl groups is 1. The monoisotopic (exact) mass is 265 g/mol. The molecule has 2 N–H and O–H groups in total. The first-order chi connectivity index (χ1) is 8.69. The van der Waals surface area contributed by atoms with E-state index < -0.39 is 17.8 Å². The quantitative estimate of drug-likeness (QED) is 0.883. The van der Waals surface area contributed by atoms with Crippen molar-refractivity contribution in [2.75, 3.05) is 6.54 Å². The van der Waals surface area contributed by atoms with Crippen molar-refractivity contribution in [2.24, 2.45) is 0 Å². The van der Waals surface area contributed by atoms with E-state index in [0.29, 0.717) is 0 Å². The van der Waals surface area contributed by atoms with Crippen LogP contribution >= 0.6 is 0 Å². The Kier molecular flexibility index (Phi) is 4.95. The highest BCUT2D eigenvalue weighted by molar-refractivity contribution is 5.67. The van der Waals surface area contributed by atoms with Gasteiger partial charge in [0.15, 0.2) is 0 Å². The van der Waals surface area contributed by atoms with Gasteiger partial charge in [-0.1, -0.05) is 18.2 Å². The van der Waals surface area contributed by atoms with Gasteiger partial charge in [0, 0.05) is 0 Å². The third-order valence-electron chi connectivity index (χ3n) is 2.75. The molecule has 0 aliphatic rings. The average molecular weight is 265 g/mol. The summed E-state index contributed by atoms with van der Waals surface area (Å²) < 4.78 is 5.11. The summed E-state index contributed by atoms with van der Waals surface area (Å²) in [7, 11) is 0. The van der Waals surface area contributed by atoms with Gasteiger partial charge in [-0.15, -0.1) is 0 Å². The van der Waals surface area contributed by atoms with Crippen molar-refractivity contribution in [2.45, 2.75) is 46.3 Å². The van der Waals surface area contributed by atoms with E-state index in [1.807, 2.05) is 32.0 Å². The molecule has 0 saturated carbocycles. The lowest BCUT2D eigenvalue weighted by molar-refractivity contribution is 0.0492. The number of amides is 1. The molecule has 0 radical (unpaired) electrons. The fourth-order valence-corrected chi connectivity index (χ4v) is 1.58. The van der Waals surface area contributed by atoms with Gasteiger partial charge in [-0.05, 0) is 51.3 Å². The normalized spacial score (nSPS) is 12.9. The average Bonchev–Trinajstić information content (AvgIpc) is 2.27. The molecule has 19 heavy (non-hydrogen) atoms. The van der Waals surface area contributed by atoms with Crippen molar-refractivity contribution in [3.05, 3.63) is 34.9 Å². The first-order valence-corrected chi connectivity index (χ1v) is 6.41. The minimum Gasteiger partial charge on any atom is -0.444 e. The summed E-state index contributed by atoms with van der Waals surface area (Å²) in [6.45, 7) is 9.54. The van der Waals surface area contributed by atoms with Gasteiger partial charge < -0.3 is 15.2 Å². The van der Waals surface area contributed by atoms with Crippen molar-refractivity contribution < 1.29 is 14.6 Å². The van der Waals surface area contributed by atoms with Crippen LogP contribution in [0.4, 0.5) is 4.79 Å². The molecule has 1 rings (SSSR count). The van der Waals surface area contributed by atoms with Crippen LogP contribution in [0.15, 0.2) is 18.2 Å². The van der Waals surface area contributed by atoms with E-state index in [0.717, 1.165) is 11.1 Å². The highest BCUT2D eigenvalue weighted by Gasteiger charge is 2.17. The van der Waals surface area contributed by atoms with Crippen molar-refractivity contribution in [1.29, 1.82) is 0 Å². The maximum atomic E-state index is 11.5. The van der Waals surface area contributed by atoms with Crippen molar-refractivity contribution in [3.63, 3.8) is 0 Å². The van der Waals surface area contributed by atoms with E-state index in [2.05, 4.69) is 5.32 Å². The Balaban J connectivity index is 2.53. The predicted octanol–water partition coefficient (Wildman–Crippen LogP) is 2.86. The zero-order chi connectivity index (χ0) is 14.6. The molecule has 0 aliphatic heterocycles. The number of ether oxygens (including phenoxy) is 1. The first kappa shape index (κ1) is 15.5. The second-order valence-corrected chi connectivity index (χ2v) is 5.74. The molecule has 106 valence electrons. The van der Waals surface area contributed by atoms with Gasteiger partial charge in [-0.3, -0.25) is 0 Å². The number of carbonyl (C=O) groups excluding carboxylic acids is 1. The number of aliphatic hydroxyl groups excluding tert-OH is 1. The summed E-state index contributed by atoms with van der Waals surface area (Å²) in [5.41, 5.74) is 2.55. The van der Waals surface area contributed by atoms with Gasteiger partial charge in [-0.25, -0.2) is 4.79 Å². The van der Waals surface area contributed by atoms with Crippen LogP contribution in [0.3, 0.4) is 0 Å². The highest BCUT2D eigenvalue weighted by Crippen LogP contribution is 2.16. The number of aryl methyl sites for hydroxylation is 2. The van der Waals surface area contributed by atoms with Crippen LogP contribution in [0.2, 0.25) is 0 Å². The van der Waals surface area contributed by atoms with E-state index in [9.17, 15) is 9.90 Å². The molecule has 4 nitrogen and oxygen atoms in total. The number of alkyl carbamates (subject to hydrolysis) is 1. The second kappa shape index (κ2) is 6.06. The molecule has 1 atom stereocenters. The minimum absolute atomic E-state index is 0.136. The van der Waals surface area contributed by atoms with Crippen LogP contribution < -0.4 is 5.32 Å². The topological polar surface area (TPSA) is 58.6 Å². The molecule has 4 heteroatoms. The van der Waals surface area contributed by atoms with Crippen LogP contribution in [0.5, 0.6) is 0 Å². The molecule has 1 aromatic carbocycles. The molecule has 0 saturated heterocycles. The minimum atomic E-state index is -0.730. The fraction of sp³-hybridized carbons (Fsp3) is 0.533. The standard InChI is InChI=1S/C15H23NO3/c1-10-6-7-12(8-11(10)2)13(17)9-16-14(18)19-15(3,4)5/h6-8,13,17H,9H2,1-5H3,(H,16,18). The van der Waals surface area contributed by atoms with Crippen LogP contribution in [0.1, 0.15) is 43.6 Å². The summed E-state index contributed by atoms with van der Waals surface area (Å²) in [6, 6.07) is 5.75. The number of benzene rings is 1. The molecular formula is C15H23NO3. The molecule has 0 spiro atoms. The fourth-order valence-electron chi connectivity index (χ4n) is 1.58. The van der Waals surface area contributed by atoms with Crippen LogP contribution in [-0.4, -0.2) is 23.3 Å². The smallest absolute Gasteiger partial charge is 0.407 e. The summed E-state index contributed by atoms with van der Waals surface area (Å²) in [5, 5.41) is 12.6. The molecule has 1 amide bonds. The largest absolute Gasteiger partial charge is 0.444 e. The zero-order valence-electron chi connectivity index (χ0n) is 12.3. The Morgan fingerprint density at radius 1 is 1.32 bits per heavy atom. The van der Waals surface area contributed by atoms with Gasteiger partial charge in [-0.2, -0.15) is 0 Å². The molecule has 1 aromatic rings. The van der Waals surface area contributed by atoms with Crippen molar-refractivity contribution in [1.82, 2.24) is 5.32 Å². The Labute approximate surface area is 114 Å². The van der Waals surface area contributed by atoms with Gasteiger partial charge in [0.05, 0.1) is 12.6 Å². The third kappa shape index (κ3) is 5.30. The maximum Gasteiger partial charge on any atom is 0.407 e. The summed E-state index contributed by atoms with van der Waals surface area (Å²) in [6.07, 6.45) is -1.25. The molecule has 0 fully saturated rings. The van der Waals surface area contributed by atoms with E-state index in [-0.39, 0.29) is 6.54 Å². The van der Waals surface area contributed by atoms with E-state index >= 15 is 0 Å². The predicted molar refractivity (Wildman–Crippen MR) is 75.1 cm³/mol. The number of hydrogen-bond donors (Lipinski definition) is 2. The lowest BCUT2D eigenvalue weighted by Crippen LogP contribution is -2.34. The number of carbonyl (C=O) groups is 1. The molecule has 0 aliphatic carbocycles. The Morgan fingerprint density at radius 2 is 1.95 bits per heavy atom. The molecule has 0 heterocycles. The maximum absolute atomic E-state index is 11.5. The van der Waals surface area contributed by atoms with Crippen LogP contribution in [-0.2, 0) is 4.74 Å². The van der Waals surface area contributed by atoms with Crippen molar-refractivity contribution in [3.8, 4) is 0 Å². The Bertz CT molecular complexity index is 449. The van der Waals surface area contributed by atoms with E-state index in [4.69, 9.17) is 4.74 Å². The number of rotatable bonds is 3. The second-order valence-electron chi connectivity index (χ2n) is 5.74. The molecular weight excluding hydrogens is 242 g/mol. The summed E-state index contributed by atoms with van der Waals surface area (Å²) in [5.74, 6) is 0. The lowest BCUT2D eigenvalue weighted by Gasteiger charge is -2.20. The first-order valence-electron chi connectivity index (χ1n) is 6.41. The zero-order valence-corrected chi connectivity index (χ0v) is 12.3. The lowest BCUT2D eigenvalue weighted by atomic mass is 10.0. The summed E-state index contributed by atoms with van der Waals surface area (Å²) >= 11 is 0. The molecule has 1 unspecified atom stereocenters. The van der Waals surface area contributed by atoms with Gasteiger partial charge >= 0.3 is 6.09 Å². The molecule has 0 bridgehead atoms. The van der Waals surface area contributed by atoms with Crippen LogP contribution in [0.25, 0.3) is 0 Å².